The van der Waals surface area contributed by atoms with Gasteiger partial charge in [0.15, 0.2) is 6.61 Å². The van der Waals surface area contributed by atoms with Gasteiger partial charge in [0.25, 0.3) is 0 Å². The van der Waals surface area contributed by atoms with Crippen LogP contribution in [0.3, 0.4) is 0 Å². The Balaban J connectivity index is 2.93. The van der Waals surface area contributed by atoms with Gasteiger partial charge in [-0.2, -0.15) is 0 Å². The van der Waals surface area contributed by atoms with E-state index in [1.807, 2.05) is 6.07 Å². The topological polar surface area (TPSA) is 46.5 Å². The molecule has 1 aromatic carbocycles. The molecule has 0 radical (unpaired) electrons. The van der Waals surface area contributed by atoms with E-state index < -0.39 is 5.97 Å². The average Bonchev–Trinajstić information content (AvgIpc) is 2.26. The van der Waals surface area contributed by atoms with Crippen molar-refractivity contribution in [3.63, 3.8) is 0 Å². The van der Waals surface area contributed by atoms with E-state index in [2.05, 4.69) is 13.8 Å². The normalized spacial score (nSPS) is 12.2. The first-order valence-electron chi connectivity index (χ1n) is 5.18. The molecule has 0 spiro atoms. The number of carbonyl (C=O) groups is 1. The maximum absolute atomic E-state index is 10.4. The zero-order valence-corrected chi connectivity index (χ0v) is 10.1. The molecule has 0 fully saturated rings. The van der Waals surface area contributed by atoms with Gasteiger partial charge < -0.3 is 9.84 Å². The highest BCUT2D eigenvalue weighted by molar-refractivity contribution is 6.30. The Morgan fingerprint density at radius 2 is 2.25 bits per heavy atom. The molecule has 1 N–H and O–H groups in total. The van der Waals surface area contributed by atoms with Crippen molar-refractivity contribution in [2.75, 3.05) is 6.61 Å². The van der Waals surface area contributed by atoms with Gasteiger partial charge in [-0.1, -0.05) is 25.4 Å². The van der Waals surface area contributed by atoms with Gasteiger partial charge in [-0.05, 0) is 36.1 Å². The molecule has 0 amide bonds. The summed E-state index contributed by atoms with van der Waals surface area (Å²) in [5.74, 6) is -0.0892. The van der Waals surface area contributed by atoms with Gasteiger partial charge >= 0.3 is 5.97 Å². The molecular formula is C12H15ClO3. The van der Waals surface area contributed by atoms with Crippen molar-refractivity contribution >= 4 is 17.6 Å². The molecule has 3 nitrogen and oxygen atoms in total. The number of hydrogen-bond donors (Lipinski definition) is 1. The van der Waals surface area contributed by atoms with Crippen molar-refractivity contribution < 1.29 is 14.6 Å². The molecule has 1 unspecified atom stereocenters. The van der Waals surface area contributed by atoms with Crippen molar-refractivity contribution in [1.82, 2.24) is 0 Å². The first-order chi connectivity index (χ1) is 7.54. The number of rotatable bonds is 5. The highest BCUT2D eigenvalue weighted by Gasteiger charge is 2.11. The van der Waals surface area contributed by atoms with Gasteiger partial charge in [0.2, 0.25) is 0 Å². The molecule has 0 aliphatic heterocycles. The smallest absolute Gasteiger partial charge is 0.341 e. The average molecular weight is 243 g/mol. The molecule has 0 aliphatic carbocycles. The molecule has 0 heterocycles. The van der Waals surface area contributed by atoms with Crippen LogP contribution in [0.15, 0.2) is 18.2 Å². The summed E-state index contributed by atoms with van der Waals surface area (Å²) in [4.78, 5) is 10.4. The monoisotopic (exact) mass is 242 g/mol. The molecule has 0 bridgehead atoms. The van der Waals surface area contributed by atoms with E-state index >= 15 is 0 Å². The SMILES string of the molecule is CCC(C)c1cc(Cl)ccc1OCC(=O)O. The third-order valence-corrected chi connectivity index (χ3v) is 2.70. The van der Waals surface area contributed by atoms with Crippen molar-refractivity contribution in [2.45, 2.75) is 26.2 Å². The third-order valence-electron chi connectivity index (χ3n) is 2.47. The molecule has 88 valence electrons. The van der Waals surface area contributed by atoms with Crippen molar-refractivity contribution in [3.05, 3.63) is 28.8 Å². The Morgan fingerprint density at radius 1 is 1.56 bits per heavy atom. The second kappa shape index (κ2) is 5.75. The Hall–Kier alpha value is -1.22. The van der Waals surface area contributed by atoms with E-state index in [1.54, 1.807) is 12.1 Å². The lowest BCUT2D eigenvalue weighted by Crippen LogP contribution is -2.11. The van der Waals surface area contributed by atoms with Crippen LogP contribution in [0.25, 0.3) is 0 Å². The lowest BCUT2D eigenvalue weighted by Gasteiger charge is -2.15. The summed E-state index contributed by atoms with van der Waals surface area (Å²) in [6, 6.07) is 5.24. The maximum Gasteiger partial charge on any atom is 0.341 e. The van der Waals surface area contributed by atoms with E-state index in [1.165, 1.54) is 0 Å². The Morgan fingerprint density at radius 3 is 2.81 bits per heavy atom. The fraction of sp³-hybridized carbons (Fsp3) is 0.417. The summed E-state index contributed by atoms with van der Waals surface area (Å²) in [5.41, 5.74) is 0.955. The summed E-state index contributed by atoms with van der Waals surface area (Å²) in [5, 5.41) is 9.20. The van der Waals surface area contributed by atoms with Gasteiger partial charge in [-0.15, -0.1) is 0 Å². The second-order valence-electron chi connectivity index (χ2n) is 3.67. The number of benzene rings is 1. The van der Waals surface area contributed by atoms with E-state index in [0.29, 0.717) is 16.7 Å². The van der Waals surface area contributed by atoms with Gasteiger partial charge in [-0.3, -0.25) is 0 Å². The summed E-state index contributed by atoms with van der Waals surface area (Å²) >= 11 is 5.91. The summed E-state index contributed by atoms with van der Waals surface area (Å²) in [7, 11) is 0. The quantitative estimate of drug-likeness (QED) is 0.862. The molecule has 4 heteroatoms. The van der Waals surface area contributed by atoms with Crippen molar-refractivity contribution in [3.8, 4) is 5.75 Å². The van der Waals surface area contributed by atoms with Crippen molar-refractivity contribution in [1.29, 1.82) is 0 Å². The summed E-state index contributed by atoms with van der Waals surface area (Å²) in [6.07, 6.45) is 0.948. The number of carboxylic acids is 1. The molecule has 0 aromatic heterocycles. The number of carboxylic acid groups (broad SMARTS) is 1. The molecule has 0 aliphatic rings. The molecule has 1 aromatic rings. The fourth-order valence-corrected chi connectivity index (χ4v) is 1.58. The Kier molecular flexibility index (Phi) is 4.62. The van der Waals surface area contributed by atoms with Crippen LogP contribution < -0.4 is 4.74 Å². The van der Waals surface area contributed by atoms with E-state index in [0.717, 1.165) is 12.0 Å². The largest absolute Gasteiger partial charge is 0.482 e. The van der Waals surface area contributed by atoms with Crippen LogP contribution in [0.5, 0.6) is 5.75 Å². The third kappa shape index (κ3) is 3.42. The fourth-order valence-electron chi connectivity index (χ4n) is 1.40. The number of hydrogen-bond acceptors (Lipinski definition) is 2. The first kappa shape index (κ1) is 12.8. The maximum atomic E-state index is 10.4. The zero-order chi connectivity index (χ0) is 12.1. The predicted molar refractivity (Wildman–Crippen MR) is 63.3 cm³/mol. The van der Waals surface area contributed by atoms with Gasteiger partial charge in [-0.25, -0.2) is 4.79 Å². The summed E-state index contributed by atoms with van der Waals surface area (Å²) in [6.45, 7) is 3.79. The lowest BCUT2D eigenvalue weighted by molar-refractivity contribution is -0.139. The van der Waals surface area contributed by atoms with Crippen LogP contribution >= 0.6 is 11.6 Å². The number of aliphatic carboxylic acids is 1. The molecule has 0 saturated heterocycles. The van der Waals surface area contributed by atoms with Crippen LogP contribution in [-0.4, -0.2) is 17.7 Å². The minimum atomic E-state index is -0.981. The van der Waals surface area contributed by atoms with Crippen LogP contribution in [0.1, 0.15) is 31.7 Å². The Labute approximate surface area is 100.0 Å². The zero-order valence-electron chi connectivity index (χ0n) is 9.37. The Bertz CT molecular complexity index is 377. The standard InChI is InChI=1S/C12H15ClO3/c1-3-8(2)10-6-9(13)4-5-11(10)16-7-12(14)15/h4-6,8H,3,7H2,1-2H3,(H,14,15). The highest BCUT2D eigenvalue weighted by atomic mass is 35.5. The predicted octanol–water partition coefficient (Wildman–Crippen LogP) is 3.32. The van der Waals surface area contributed by atoms with Gasteiger partial charge in [0.1, 0.15) is 5.75 Å². The van der Waals surface area contributed by atoms with Crippen LogP contribution in [0.4, 0.5) is 0 Å². The van der Waals surface area contributed by atoms with Crippen LogP contribution in [-0.2, 0) is 4.79 Å². The molecule has 16 heavy (non-hydrogen) atoms. The molecular weight excluding hydrogens is 228 g/mol. The van der Waals surface area contributed by atoms with Gasteiger partial charge in [0.05, 0.1) is 0 Å². The minimum Gasteiger partial charge on any atom is -0.482 e. The molecule has 0 saturated carbocycles. The summed E-state index contributed by atoms with van der Waals surface area (Å²) < 4.78 is 5.22. The molecule has 1 rings (SSSR count). The number of halogens is 1. The van der Waals surface area contributed by atoms with Crippen LogP contribution in [0, 0.1) is 0 Å². The molecule has 1 atom stereocenters. The van der Waals surface area contributed by atoms with E-state index in [4.69, 9.17) is 21.4 Å². The minimum absolute atomic E-state index is 0.294. The van der Waals surface area contributed by atoms with E-state index in [9.17, 15) is 4.79 Å². The highest BCUT2D eigenvalue weighted by Crippen LogP contribution is 2.31. The van der Waals surface area contributed by atoms with E-state index in [-0.39, 0.29) is 6.61 Å². The van der Waals surface area contributed by atoms with Gasteiger partial charge in [0, 0.05) is 5.02 Å². The number of ether oxygens (including phenoxy) is 1. The second-order valence-corrected chi connectivity index (χ2v) is 4.11. The lowest BCUT2D eigenvalue weighted by atomic mass is 9.98. The first-order valence-corrected chi connectivity index (χ1v) is 5.56. The van der Waals surface area contributed by atoms with Crippen molar-refractivity contribution in [2.24, 2.45) is 0 Å². The van der Waals surface area contributed by atoms with Crippen LogP contribution in [0.2, 0.25) is 5.02 Å².